The predicted molar refractivity (Wildman–Crippen MR) is 70.1 cm³/mol. The lowest BCUT2D eigenvalue weighted by Gasteiger charge is -2.17. The van der Waals surface area contributed by atoms with E-state index < -0.39 is 5.97 Å². The Balaban J connectivity index is 2.64. The molecule has 0 amide bonds. The Morgan fingerprint density at radius 3 is 2.79 bits per heavy atom. The van der Waals surface area contributed by atoms with Crippen molar-refractivity contribution < 1.29 is 19.1 Å². The number of carbonyl (C=O) groups is 2. The molecular weight excluding hydrogens is 248 g/mol. The summed E-state index contributed by atoms with van der Waals surface area (Å²) in [7, 11) is 3.12. The highest BCUT2D eigenvalue weighted by molar-refractivity contribution is 5.90. The molecule has 0 fully saturated rings. The number of methoxy groups -OCH3 is 1. The van der Waals surface area contributed by atoms with Crippen molar-refractivity contribution in [2.45, 2.75) is 13.3 Å². The highest BCUT2D eigenvalue weighted by atomic mass is 16.5. The topological polar surface area (TPSA) is 68.7 Å². The first kappa shape index (κ1) is 14.9. The third kappa shape index (κ3) is 4.57. The van der Waals surface area contributed by atoms with Gasteiger partial charge in [-0.15, -0.1) is 0 Å². The molecule has 0 atom stereocenters. The Labute approximate surface area is 112 Å². The summed E-state index contributed by atoms with van der Waals surface area (Å²) in [5.41, 5.74) is 0.426. The molecule has 0 saturated carbocycles. The zero-order valence-electron chi connectivity index (χ0n) is 11.4. The van der Waals surface area contributed by atoms with Gasteiger partial charge in [0.2, 0.25) is 0 Å². The van der Waals surface area contributed by atoms with E-state index in [0.717, 1.165) is 0 Å². The summed E-state index contributed by atoms with van der Waals surface area (Å²) < 4.78 is 9.49. The van der Waals surface area contributed by atoms with Crippen molar-refractivity contribution in [3.63, 3.8) is 0 Å². The molecule has 0 spiro atoms. The number of nitrogens with zero attached hydrogens (tertiary/aromatic N) is 2. The van der Waals surface area contributed by atoms with Gasteiger partial charge in [-0.05, 0) is 19.1 Å². The number of carbonyl (C=O) groups excluding carboxylic acids is 2. The van der Waals surface area contributed by atoms with Crippen LogP contribution in [0.2, 0.25) is 0 Å². The van der Waals surface area contributed by atoms with Crippen LogP contribution in [0.4, 0.5) is 5.82 Å². The Morgan fingerprint density at radius 1 is 1.42 bits per heavy atom. The van der Waals surface area contributed by atoms with E-state index in [2.05, 4.69) is 9.72 Å². The number of esters is 2. The van der Waals surface area contributed by atoms with Crippen molar-refractivity contribution in [3.05, 3.63) is 23.9 Å². The Morgan fingerprint density at radius 2 is 2.16 bits per heavy atom. The second-order valence-corrected chi connectivity index (χ2v) is 3.87. The van der Waals surface area contributed by atoms with Crippen LogP contribution in [0.5, 0.6) is 0 Å². The van der Waals surface area contributed by atoms with Gasteiger partial charge in [-0.3, -0.25) is 4.79 Å². The molecule has 0 aliphatic carbocycles. The highest BCUT2D eigenvalue weighted by Crippen LogP contribution is 2.12. The zero-order chi connectivity index (χ0) is 14.3. The summed E-state index contributed by atoms with van der Waals surface area (Å²) >= 11 is 0. The summed E-state index contributed by atoms with van der Waals surface area (Å²) in [6, 6.07) is 3.20. The van der Waals surface area contributed by atoms with Crippen LogP contribution in [0.1, 0.15) is 23.7 Å². The minimum absolute atomic E-state index is 0.251. The quantitative estimate of drug-likeness (QED) is 0.722. The van der Waals surface area contributed by atoms with Crippen molar-refractivity contribution in [1.82, 2.24) is 4.98 Å². The molecule has 1 aromatic rings. The highest BCUT2D eigenvalue weighted by Gasteiger charge is 2.10. The second-order valence-electron chi connectivity index (χ2n) is 3.87. The van der Waals surface area contributed by atoms with Gasteiger partial charge in [0, 0.05) is 19.8 Å². The normalized spacial score (nSPS) is 9.84. The van der Waals surface area contributed by atoms with Crippen LogP contribution in [-0.4, -0.2) is 44.2 Å². The molecule has 104 valence electrons. The van der Waals surface area contributed by atoms with Crippen LogP contribution in [0.3, 0.4) is 0 Å². The van der Waals surface area contributed by atoms with Gasteiger partial charge in [-0.1, -0.05) is 0 Å². The van der Waals surface area contributed by atoms with Crippen LogP contribution in [0.25, 0.3) is 0 Å². The summed E-state index contributed by atoms with van der Waals surface area (Å²) in [6.07, 6.45) is 1.80. The lowest BCUT2D eigenvalue weighted by atomic mass is 10.2. The molecule has 0 bridgehead atoms. The fraction of sp³-hybridized carbons (Fsp3) is 0.462. The van der Waals surface area contributed by atoms with Gasteiger partial charge in [-0.25, -0.2) is 9.78 Å². The van der Waals surface area contributed by atoms with Crippen molar-refractivity contribution in [1.29, 1.82) is 0 Å². The lowest BCUT2D eigenvalue weighted by Crippen LogP contribution is -2.23. The van der Waals surface area contributed by atoms with Crippen LogP contribution >= 0.6 is 0 Å². The van der Waals surface area contributed by atoms with Crippen LogP contribution < -0.4 is 4.90 Å². The van der Waals surface area contributed by atoms with Crippen molar-refractivity contribution in [2.75, 3.05) is 32.2 Å². The minimum atomic E-state index is -0.414. The molecule has 1 rings (SSSR count). The van der Waals surface area contributed by atoms with Crippen molar-refractivity contribution in [2.24, 2.45) is 0 Å². The summed E-state index contributed by atoms with van der Waals surface area (Å²) in [5, 5.41) is 0. The van der Waals surface area contributed by atoms with Crippen LogP contribution in [0, 0.1) is 0 Å². The number of hydrogen-bond donors (Lipinski definition) is 0. The molecule has 0 aliphatic rings. The molecule has 0 unspecified atom stereocenters. The van der Waals surface area contributed by atoms with Gasteiger partial charge < -0.3 is 14.4 Å². The third-order valence-electron chi connectivity index (χ3n) is 2.51. The van der Waals surface area contributed by atoms with E-state index in [0.29, 0.717) is 24.5 Å². The average Bonchev–Trinajstić information content (AvgIpc) is 2.44. The Kier molecular flexibility index (Phi) is 5.78. The van der Waals surface area contributed by atoms with E-state index in [1.807, 2.05) is 0 Å². The lowest BCUT2D eigenvalue weighted by molar-refractivity contribution is -0.142. The van der Waals surface area contributed by atoms with Gasteiger partial charge in [0.15, 0.2) is 0 Å². The molecule has 6 nitrogen and oxygen atoms in total. The largest absolute Gasteiger partial charge is 0.466 e. The Hall–Kier alpha value is -2.11. The average molecular weight is 266 g/mol. The van der Waals surface area contributed by atoms with Gasteiger partial charge in [-0.2, -0.15) is 0 Å². The van der Waals surface area contributed by atoms with E-state index >= 15 is 0 Å². The summed E-state index contributed by atoms with van der Waals surface area (Å²) in [6.45, 7) is 2.61. The van der Waals surface area contributed by atoms with E-state index in [-0.39, 0.29) is 12.4 Å². The van der Waals surface area contributed by atoms with Gasteiger partial charge in [0.05, 0.1) is 25.7 Å². The van der Waals surface area contributed by atoms with E-state index in [9.17, 15) is 9.59 Å². The standard InChI is InChI=1S/C13H18N2O4/c1-4-19-12(16)6-8-15(2)11-9-10(5-7-14-11)13(17)18-3/h5,7,9H,4,6,8H2,1-3H3. The second kappa shape index (κ2) is 7.35. The molecule has 1 aromatic heterocycles. The first-order valence-corrected chi connectivity index (χ1v) is 5.99. The Bertz CT molecular complexity index is 448. The number of pyridine rings is 1. The fourth-order valence-electron chi connectivity index (χ4n) is 1.48. The number of anilines is 1. The molecule has 0 aromatic carbocycles. The predicted octanol–water partition coefficient (Wildman–Crippen LogP) is 1.26. The molecule has 1 heterocycles. The maximum absolute atomic E-state index is 11.4. The SMILES string of the molecule is CCOC(=O)CCN(C)c1cc(C(=O)OC)ccn1. The number of hydrogen-bond acceptors (Lipinski definition) is 6. The van der Waals surface area contributed by atoms with E-state index in [1.54, 1.807) is 31.0 Å². The number of aromatic nitrogens is 1. The van der Waals surface area contributed by atoms with Gasteiger partial charge in [0.25, 0.3) is 0 Å². The van der Waals surface area contributed by atoms with Crippen LogP contribution in [0.15, 0.2) is 18.3 Å². The molecule has 19 heavy (non-hydrogen) atoms. The number of rotatable bonds is 6. The number of ether oxygens (including phenoxy) is 2. The first-order chi connectivity index (χ1) is 9.08. The molecule has 0 saturated heterocycles. The maximum Gasteiger partial charge on any atom is 0.338 e. The monoisotopic (exact) mass is 266 g/mol. The van der Waals surface area contributed by atoms with Crippen LogP contribution in [-0.2, 0) is 14.3 Å². The molecular formula is C13H18N2O4. The first-order valence-electron chi connectivity index (χ1n) is 5.99. The summed E-state index contributed by atoms with van der Waals surface area (Å²) in [5.74, 6) is -0.0619. The fourth-order valence-corrected chi connectivity index (χ4v) is 1.48. The minimum Gasteiger partial charge on any atom is -0.466 e. The molecule has 6 heteroatoms. The maximum atomic E-state index is 11.4. The molecule has 0 radical (unpaired) electrons. The van der Waals surface area contributed by atoms with Crippen molar-refractivity contribution >= 4 is 17.8 Å². The third-order valence-corrected chi connectivity index (χ3v) is 2.51. The molecule has 0 aliphatic heterocycles. The zero-order valence-corrected chi connectivity index (χ0v) is 11.4. The molecule has 0 N–H and O–H groups in total. The van der Waals surface area contributed by atoms with E-state index in [1.165, 1.54) is 13.3 Å². The van der Waals surface area contributed by atoms with E-state index in [4.69, 9.17) is 4.74 Å². The van der Waals surface area contributed by atoms with Crippen molar-refractivity contribution in [3.8, 4) is 0 Å². The summed E-state index contributed by atoms with van der Waals surface area (Å²) in [4.78, 5) is 28.6. The smallest absolute Gasteiger partial charge is 0.338 e. The van der Waals surface area contributed by atoms with Gasteiger partial charge >= 0.3 is 11.9 Å². The van der Waals surface area contributed by atoms with Gasteiger partial charge in [0.1, 0.15) is 5.82 Å².